The second-order valence-electron chi connectivity index (χ2n) is 3.01. The molecule has 0 aliphatic heterocycles. The second-order valence-corrected chi connectivity index (χ2v) is 3.01. The third-order valence-electron chi connectivity index (χ3n) is 2.23. The Hall–Kier alpha value is -1.44. The van der Waals surface area contributed by atoms with Gasteiger partial charge in [-0.3, -0.25) is 0 Å². The van der Waals surface area contributed by atoms with Crippen molar-refractivity contribution in [3.05, 3.63) is 29.5 Å². The second kappa shape index (κ2) is 2.27. The number of benzene rings is 1. The largest absolute Gasteiger partial charge is 0.459 e. The average Bonchev–Trinajstić information content (AvgIpc) is 2.32. The van der Waals surface area contributed by atoms with E-state index in [-0.39, 0.29) is 0 Å². The van der Waals surface area contributed by atoms with Gasteiger partial charge in [0, 0.05) is 5.39 Å². The molecule has 1 heterocycles. The van der Waals surface area contributed by atoms with E-state index in [4.69, 9.17) is 10.2 Å². The molecule has 1 aromatic carbocycles. The van der Waals surface area contributed by atoms with Crippen LogP contribution in [-0.2, 0) is 0 Å². The molecule has 0 aliphatic rings. The van der Waals surface area contributed by atoms with E-state index in [1.807, 2.05) is 32.0 Å². The van der Waals surface area contributed by atoms with E-state index in [1.165, 1.54) is 5.56 Å². The number of fused-ring (bicyclic) bond motifs is 1. The van der Waals surface area contributed by atoms with Crippen LogP contribution in [0.4, 0.5) is 5.69 Å². The van der Waals surface area contributed by atoms with E-state index >= 15 is 0 Å². The first kappa shape index (κ1) is 7.22. The number of aryl methyl sites for hydroxylation is 2. The quantitative estimate of drug-likeness (QED) is 0.603. The molecule has 2 aromatic rings. The lowest BCUT2D eigenvalue weighted by atomic mass is 10.1. The maximum atomic E-state index is 5.74. The highest BCUT2D eigenvalue weighted by Crippen LogP contribution is 2.28. The lowest BCUT2D eigenvalue weighted by Gasteiger charge is -1.92. The van der Waals surface area contributed by atoms with Crippen LogP contribution in [0.1, 0.15) is 11.3 Å². The topological polar surface area (TPSA) is 39.2 Å². The van der Waals surface area contributed by atoms with Crippen molar-refractivity contribution < 1.29 is 4.42 Å². The Bertz CT molecular complexity index is 429. The monoisotopic (exact) mass is 161 g/mol. The van der Waals surface area contributed by atoms with Crippen molar-refractivity contribution in [2.24, 2.45) is 0 Å². The minimum absolute atomic E-state index is 0.712. The molecule has 0 saturated carbocycles. The number of nitrogen functional groups attached to an aromatic ring is 1. The van der Waals surface area contributed by atoms with Crippen LogP contribution in [0.15, 0.2) is 22.6 Å². The van der Waals surface area contributed by atoms with Crippen molar-refractivity contribution in [1.82, 2.24) is 0 Å². The first-order chi connectivity index (χ1) is 5.70. The van der Waals surface area contributed by atoms with E-state index in [1.54, 1.807) is 0 Å². The van der Waals surface area contributed by atoms with Gasteiger partial charge in [0.25, 0.3) is 0 Å². The first-order valence-corrected chi connectivity index (χ1v) is 3.94. The molecule has 62 valence electrons. The number of anilines is 1. The van der Waals surface area contributed by atoms with Gasteiger partial charge in [0.05, 0.1) is 5.69 Å². The van der Waals surface area contributed by atoms with Crippen molar-refractivity contribution in [2.45, 2.75) is 13.8 Å². The maximum Gasteiger partial charge on any atom is 0.157 e. The van der Waals surface area contributed by atoms with E-state index in [0.29, 0.717) is 5.69 Å². The third kappa shape index (κ3) is 0.811. The van der Waals surface area contributed by atoms with Crippen LogP contribution < -0.4 is 5.73 Å². The minimum Gasteiger partial charge on any atom is -0.459 e. The Labute approximate surface area is 71.0 Å². The van der Waals surface area contributed by atoms with Crippen molar-refractivity contribution in [3.63, 3.8) is 0 Å². The molecule has 0 unspecified atom stereocenters. The average molecular weight is 161 g/mol. The number of hydrogen-bond acceptors (Lipinski definition) is 2. The van der Waals surface area contributed by atoms with E-state index < -0.39 is 0 Å². The van der Waals surface area contributed by atoms with Gasteiger partial charge in [-0.25, -0.2) is 0 Å². The summed E-state index contributed by atoms with van der Waals surface area (Å²) in [6, 6.07) is 5.82. The van der Waals surface area contributed by atoms with Gasteiger partial charge in [-0.1, -0.05) is 12.1 Å². The summed E-state index contributed by atoms with van der Waals surface area (Å²) in [7, 11) is 0. The van der Waals surface area contributed by atoms with Gasteiger partial charge in [0.15, 0.2) is 5.58 Å². The highest BCUT2D eigenvalue weighted by molar-refractivity contribution is 5.90. The molecule has 2 nitrogen and oxygen atoms in total. The highest BCUT2D eigenvalue weighted by atomic mass is 16.3. The summed E-state index contributed by atoms with van der Waals surface area (Å²) in [5.74, 6) is 0.947. The SMILES string of the molecule is Cc1oc2c(N)cccc2c1C. The number of rotatable bonds is 0. The van der Waals surface area contributed by atoms with Gasteiger partial charge in [-0.15, -0.1) is 0 Å². The van der Waals surface area contributed by atoms with Gasteiger partial charge in [0.2, 0.25) is 0 Å². The fraction of sp³-hybridized carbons (Fsp3) is 0.200. The molecule has 12 heavy (non-hydrogen) atoms. The Morgan fingerprint density at radius 2 is 2.00 bits per heavy atom. The Morgan fingerprint density at radius 3 is 2.67 bits per heavy atom. The Morgan fingerprint density at radius 1 is 1.25 bits per heavy atom. The van der Waals surface area contributed by atoms with Gasteiger partial charge in [-0.2, -0.15) is 0 Å². The predicted molar refractivity (Wildman–Crippen MR) is 50.1 cm³/mol. The zero-order valence-corrected chi connectivity index (χ0v) is 7.22. The van der Waals surface area contributed by atoms with Gasteiger partial charge >= 0.3 is 0 Å². The zero-order valence-electron chi connectivity index (χ0n) is 7.22. The highest BCUT2D eigenvalue weighted by Gasteiger charge is 2.07. The van der Waals surface area contributed by atoms with Crippen molar-refractivity contribution in [2.75, 3.05) is 5.73 Å². The summed E-state index contributed by atoms with van der Waals surface area (Å²) in [5, 5.41) is 1.12. The summed E-state index contributed by atoms with van der Waals surface area (Å²) in [6.45, 7) is 4.00. The molecular formula is C10H11NO. The molecule has 2 N–H and O–H groups in total. The zero-order chi connectivity index (χ0) is 8.72. The first-order valence-electron chi connectivity index (χ1n) is 3.94. The van der Waals surface area contributed by atoms with Crippen LogP contribution in [0.25, 0.3) is 11.0 Å². The molecular weight excluding hydrogens is 150 g/mol. The normalized spacial score (nSPS) is 10.8. The fourth-order valence-corrected chi connectivity index (χ4v) is 1.38. The van der Waals surface area contributed by atoms with Crippen LogP contribution in [0.3, 0.4) is 0 Å². The lowest BCUT2D eigenvalue weighted by molar-refractivity contribution is 0.576. The van der Waals surface area contributed by atoms with Crippen LogP contribution in [0.5, 0.6) is 0 Å². The van der Waals surface area contributed by atoms with Crippen LogP contribution in [0.2, 0.25) is 0 Å². The number of para-hydroxylation sites is 1. The van der Waals surface area contributed by atoms with Crippen molar-refractivity contribution >= 4 is 16.7 Å². The molecule has 2 heteroatoms. The molecule has 0 amide bonds. The predicted octanol–water partition coefficient (Wildman–Crippen LogP) is 2.63. The summed E-state index contributed by atoms with van der Waals surface area (Å²) in [4.78, 5) is 0. The molecule has 1 aromatic heterocycles. The standard InChI is InChI=1S/C10H11NO/c1-6-7(2)12-10-8(6)4-3-5-9(10)11/h3-5H,11H2,1-2H3. The molecule has 0 saturated heterocycles. The Kier molecular flexibility index (Phi) is 1.37. The number of hydrogen-bond donors (Lipinski definition) is 1. The minimum atomic E-state index is 0.712. The third-order valence-corrected chi connectivity index (χ3v) is 2.23. The van der Waals surface area contributed by atoms with Crippen LogP contribution in [0, 0.1) is 13.8 Å². The number of nitrogens with two attached hydrogens (primary N) is 1. The summed E-state index contributed by atoms with van der Waals surface area (Å²) in [5.41, 5.74) is 8.45. The molecule has 2 rings (SSSR count). The lowest BCUT2D eigenvalue weighted by Crippen LogP contribution is -1.83. The summed E-state index contributed by atoms with van der Waals surface area (Å²) >= 11 is 0. The van der Waals surface area contributed by atoms with Crippen LogP contribution in [-0.4, -0.2) is 0 Å². The number of furan rings is 1. The smallest absolute Gasteiger partial charge is 0.157 e. The molecule has 0 spiro atoms. The molecule has 0 atom stereocenters. The van der Waals surface area contributed by atoms with Gasteiger partial charge in [0.1, 0.15) is 5.76 Å². The Balaban J connectivity index is 2.95. The van der Waals surface area contributed by atoms with E-state index in [2.05, 4.69) is 0 Å². The van der Waals surface area contributed by atoms with Crippen molar-refractivity contribution in [1.29, 1.82) is 0 Å². The maximum absolute atomic E-state index is 5.74. The van der Waals surface area contributed by atoms with E-state index in [0.717, 1.165) is 16.7 Å². The van der Waals surface area contributed by atoms with Gasteiger partial charge < -0.3 is 10.2 Å². The van der Waals surface area contributed by atoms with Crippen molar-refractivity contribution in [3.8, 4) is 0 Å². The molecule has 0 radical (unpaired) electrons. The summed E-state index contributed by atoms with van der Waals surface area (Å²) in [6.07, 6.45) is 0. The van der Waals surface area contributed by atoms with E-state index in [9.17, 15) is 0 Å². The molecule has 0 aliphatic carbocycles. The molecule has 0 fully saturated rings. The fourth-order valence-electron chi connectivity index (χ4n) is 1.38. The summed E-state index contributed by atoms with van der Waals surface area (Å²) < 4.78 is 5.50. The van der Waals surface area contributed by atoms with Crippen LogP contribution >= 0.6 is 0 Å². The van der Waals surface area contributed by atoms with Gasteiger partial charge in [-0.05, 0) is 25.5 Å². The molecule has 0 bridgehead atoms.